The molecule has 0 aromatic heterocycles. The minimum atomic E-state index is -4.37. The van der Waals surface area contributed by atoms with E-state index in [1.807, 2.05) is 0 Å². The lowest BCUT2D eigenvalue weighted by Gasteiger charge is -2.19. The van der Waals surface area contributed by atoms with E-state index in [1.54, 1.807) is 0 Å². The number of esters is 2. The molecule has 0 saturated carbocycles. The molecule has 2 atom stereocenters. The largest absolute Gasteiger partial charge is 0.472 e. The molecule has 0 aromatic rings. The van der Waals surface area contributed by atoms with Crippen molar-refractivity contribution in [2.75, 3.05) is 26.4 Å². The van der Waals surface area contributed by atoms with Gasteiger partial charge in [-0.05, 0) is 38.5 Å². The van der Waals surface area contributed by atoms with Crippen LogP contribution in [0, 0.1) is 0 Å². The number of hydrogen-bond donors (Lipinski definition) is 2. The first-order chi connectivity index (χ1) is 25.3. The summed E-state index contributed by atoms with van der Waals surface area (Å²) in [5.74, 6) is -0.821. The minimum absolute atomic E-state index is 0.0561. The molecule has 9 nitrogen and oxygen atoms in total. The molecule has 0 rings (SSSR count). The van der Waals surface area contributed by atoms with Gasteiger partial charge in [0.15, 0.2) is 6.10 Å². The van der Waals surface area contributed by atoms with Gasteiger partial charge in [-0.1, -0.05) is 174 Å². The molecular weight excluding hydrogens is 677 g/mol. The Morgan fingerprint density at radius 2 is 0.942 bits per heavy atom. The van der Waals surface area contributed by atoms with Gasteiger partial charge >= 0.3 is 19.8 Å². The van der Waals surface area contributed by atoms with Crippen LogP contribution in [0.3, 0.4) is 0 Å². The third-order valence-electron chi connectivity index (χ3n) is 9.40. The summed E-state index contributed by atoms with van der Waals surface area (Å²) >= 11 is 0. The summed E-state index contributed by atoms with van der Waals surface area (Å²) in [6, 6.07) is 0. The Bertz CT molecular complexity index is 871. The number of ether oxygens (including phenoxy) is 2. The van der Waals surface area contributed by atoms with Crippen LogP contribution in [0.15, 0.2) is 12.2 Å². The third-order valence-corrected chi connectivity index (χ3v) is 10.4. The molecule has 0 heterocycles. The lowest BCUT2D eigenvalue weighted by atomic mass is 10.0. The van der Waals surface area contributed by atoms with Crippen LogP contribution in [0.2, 0.25) is 0 Å². The number of carbonyl (C=O) groups is 2. The zero-order chi connectivity index (χ0) is 38.2. The predicted molar refractivity (Wildman–Crippen MR) is 215 cm³/mol. The van der Waals surface area contributed by atoms with Crippen LogP contribution in [-0.4, -0.2) is 49.3 Å². The van der Waals surface area contributed by atoms with Crippen LogP contribution in [0.1, 0.15) is 213 Å². The summed E-state index contributed by atoms with van der Waals surface area (Å²) in [6.45, 7) is 3.74. The summed E-state index contributed by atoms with van der Waals surface area (Å²) in [5.41, 5.74) is 5.34. The van der Waals surface area contributed by atoms with Gasteiger partial charge in [0.2, 0.25) is 0 Å². The van der Waals surface area contributed by atoms with E-state index in [-0.39, 0.29) is 38.6 Å². The third kappa shape index (κ3) is 38.5. The van der Waals surface area contributed by atoms with Crippen molar-refractivity contribution in [2.24, 2.45) is 5.73 Å². The van der Waals surface area contributed by atoms with Gasteiger partial charge in [0.25, 0.3) is 0 Å². The second kappa shape index (κ2) is 39.4. The Morgan fingerprint density at radius 1 is 0.558 bits per heavy atom. The average Bonchev–Trinajstić information content (AvgIpc) is 3.13. The Hall–Kier alpha value is -1.25. The quantitative estimate of drug-likeness (QED) is 0.0270. The van der Waals surface area contributed by atoms with Crippen molar-refractivity contribution in [1.82, 2.24) is 0 Å². The number of phosphoric ester groups is 1. The van der Waals surface area contributed by atoms with Crippen LogP contribution in [0.4, 0.5) is 0 Å². The van der Waals surface area contributed by atoms with Crippen molar-refractivity contribution in [3.05, 3.63) is 12.2 Å². The molecule has 1 unspecified atom stereocenters. The van der Waals surface area contributed by atoms with E-state index in [9.17, 15) is 19.0 Å². The summed E-state index contributed by atoms with van der Waals surface area (Å²) in [4.78, 5) is 34.8. The van der Waals surface area contributed by atoms with Gasteiger partial charge in [0, 0.05) is 19.4 Å². The Morgan fingerprint density at radius 3 is 1.38 bits per heavy atom. The fourth-order valence-electron chi connectivity index (χ4n) is 6.16. The zero-order valence-electron chi connectivity index (χ0n) is 33.8. The number of nitrogens with two attached hydrogens (primary N) is 1. The van der Waals surface area contributed by atoms with E-state index in [0.29, 0.717) is 6.42 Å². The minimum Gasteiger partial charge on any atom is -0.462 e. The maximum Gasteiger partial charge on any atom is 0.472 e. The van der Waals surface area contributed by atoms with Crippen LogP contribution in [0.5, 0.6) is 0 Å². The number of rotatable bonds is 41. The van der Waals surface area contributed by atoms with Crippen molar-refractivity contribution in [2.45, 2.75) is 219 Å². The lowest BCUT2D eigenvalue weighted by molar-refractivity contribution is -0.161. The predicted octanol–water partition coefficient (Wildman–Crippen LogP) is 12.2. The fraction of sp³-hybridized carbons (Fsp3) is 0.905. The van der Waals surface area contributed by atoms with E-state index < -0.39 is 26.5 Å². The van der Waals surface area contributed by atoms with E-state index in [2.05, 4.69) is 26.0 Å². The van der Waals surface area contributed by atoms with Crippen molar-refractivity contribution in [3.63, 3.8) is 0 Å². The van der Waals surface area contributed by atoms with Crippen molar-refractivity contribution in [3.8, 4) is 0 Å². The molecule has 0 fully saturated rings. The number of carbonyl (C=O) groups excluding carboxylic acids is 2. The molecule has 3 N–H and O–H groups in total. The van der Waals surface area contributed by atoms with Gasteiger partial charge in [-0.2, -0.15) is 0 Å². The molecule has 308 valence electrons. The number of phosphoric acid groups is 1. The van der Waals surface area contributed by atoms with Crippen molar-refractivity contribution in [1.29, 1.82) is 0 Å². The molecule has 0 aromatic carbocycles. The molecule has 0 aliphatic carbocycles. The molecule has 52 heavy (non-hydrogen) atoms. The van der Waals surface area contributed by atoms with Crippen LogP contribution in [-0.2, 0) is 32.7 Å². The Kier molecular flexibility index (Phi) is 38.5. The second-order valence-electron chi connectivity index (χ2n) is 14.6. The monoisotopic (exact) mass is 760 g/mol. The highest BCUT2D eigenvalue weighted by atomic mass is 31.2. The van der Waals surface area contributed by atoms with Gasteiger partial charge < -0.3 is 20.1 Å². The maximum atomic E-state index is 12.6. The van der Waals surface area contributed by atoms with Crippen molar-refractivity contribution >= 4 is 19.8 Å². The second-order valence-corrected chi connectivity index (χ2v) is 16.0. The van der Waals surface area contributed by atoms with Crippen molar-refractivity contribution < 1.29 is 37.6 Å². The molecular formula is C42H82NO8P. The highest BCUT2D eigenvalue weighted by Crippen LogP contribution is 2.43. The smallest absolute Gasteiger partial charge is 0.462 e. The summed E-state index contributed by atoms with van der Waals surface area (Å²) < 4.78 is 32.8. The highest BCUT2D eigenvalue weighted by Gasteiger charge is 2.26. The SMILES string of the molecule is CCCCCC/C=C/CCCCCCCCCCCC(=O)OC[C@H](COP(=O)(O)OCCN)OC(=O)CCCCCCCCCCCCCCCC. The average molecular weight is 760 g/mol. The van der Waals surface area contributed by atoms with Gasteiger partial charge in [-0.3, -0.25) is 18.6 Å². The maximum absolute atomic E-state index is 12.6. The van der Waals surface area contributed by atoms with Crippen LogP contribution < -0.4 is 5.73 Å². The van der Waals surface area contributed by atoms with E-state index in [4.69, 9.17) is 24.3 Å². The Labute approximate surface area is 319 Å². The Balaban J connectivity index is 4.11. The van der Waals surface area contributed by atoms with Gasteiger partial charge in [0.1, 0.15) is 6.61 Å². The van der Waals surface area contributed by atoms with E-state index >= 15 is 0 Å². The first-order valence-corrected chi connectivity index (χ1v) is 23.2. The molecule has 0 bridgehead atoms. The molecule has 0 spiro atoms. The van der Waals surface area contributed by atoms with Gasteiger partial charge in [0.05, 0.1) is 13.2 Å². The van der Waals surface area contributed by atoms with E-state index in [1.165, 1.54) is 148 Å². The number of allylic oxidation sites excluding steroid dienone is 2. The lowest BCUT2D eigenvalue weighted by Crippen LogP contribution is -2.29. The zero-order valence-corrected chi connectivity index (χ0v) is 34.7. The number of unbranched alkanes of at least 4 members (excludes halogenated alkanes) is 26. The molecule has 0 amide bonds. The fourth-order valence-corrected chi connectivity index (χ4v) is 6.92. The molecule has 0 saturated heterocycles. The number of hydrogen-bond acceptors (Lipinski definition) is 8. The summed E-state index contributed by atoms with van der Waals surface area (Å²) in [5, 5.41) is 0. The standard InChI is InChI=1S/C42H82NO8P/c1-3-5-7-9-11-13-15-17-19-20-21-23-24-26-28-30-32-34-41(44)48-38-40(39-50-52(46,47)49-37-36-43)51-42(45)35-33-31-29-27-25-22-18-16-14-12-10-8-6-4-2/h13,15,40H,3-12,14,16-39,43H2,1-2H3,(H,46,47)/b15-13+/t40-/m1/s1. The van der Waals surface area contributed by atoms with Crippen LogP contribution >= 0.6 is 7.82 Å². The molecule has 0 aliphatic rings. The topological polar surface area (TPSA) is 134 Å². The first kappa shape index (κ1) is 50.8. The normalized spacial score (nSPS) is 13.4. The van der Waals surface area contributed by atoms with Gasteiger partial charge in [-0.15, -0.1) is 0 Å². The highest BCUT2D eigenvalue weighted by molar-refractivity contribution is 7.47. The molecule has 0 aliphatic heterocycles. The molecule has 0 radical (unpaired) electrons. The van der Waals surface area contributed by atoms with E-state index in [0.717, 1.165) is 32.1 Å². The van der Waals surface area contributed by atoms with Crippen LogP contribution in [0.25, 0.3) is 0 Å². The van der Waals surface area contributed by atoms with Gasteiger partial charge in [-0.25, -0.2) is 4.57 Å². The summed E-state index contributed by atoms with van der Waals surface area (Å²) in [7, 11) is -4.37. The molecule has 10 heteroatoms. The summed E-state index contributed by atoms with van der Waals surface area (Å²) in [6.07, 6.45) is 39.5. The first-order valence-electron chi connectivity index (χ1n) is 21.7.